The summed E-state index contributed by atoms with van der Waals surface area (Å²) in [6.07, 6.45) is 5.16. The lowest BCUT2D eigenvalue weighted by Gasteiger charge is -2.51. The Morgan fingerprint density at radius 1 is 0.625 bits per heavy atom. The molecule has 0 aliphatic heterocycles. The Labute approximate surface area is 195 Å². The molecule has 17 unspecified atom stereocenters. The minimum atomic E-state index is -0.460. The van der Waals surface area contributed by atoms with Crippen LogP contribution in [0.25, 0.3) is 0 Å². The number of ether oxygens (including phenoxy) is 1. The summed E-state index contributed by atoms with van der Waals surface area (Å²) >= 11 is 0. The van der Waals surface area contributed by atoms with Crippen molar-refractivity contribution in [2.45, 2.75) is 67.2 Å². The summed E-state index contributed by atoms with van der Waals surface area (Å²) in [6, 6.07) is 0. The van der Waals surface area contributed by atoms with E-state index in [2.05, 4.69) is 41.5 Å². The lowest BCUT2D eigenvalue weighted by molar-refractivity contribution is -0.162. The summed E-state index contributed by atoms with van der Waals surface area (Å²) < 4.78 is 5.20. The topological polar surface area (TPSA) is 46.5 Å². The average molecular weight is 443 g/mol. The van der Waals surface area contributed by atoms with E-state index in [4.69, 9.17) is 4.74 Å². The van der Waals surface area contributed by atoms with Crippen LogP contribution in [0.5, 0.6) is 0 Å². The number of fused-ring (bicyclic) bond motifs is 6. The van der Waals surface area contributed by atoms with E-state index in [0.29, 0.717) is 17.8 Å². The minimum absolute atomic E-state index is 0.0395. The molecule has 0 saturated heterocycles. The molecule has 180 valence electrons. The maximum absolute atomic E-state index is 12.9. The van der Waals surface area contributed by atoms with Crippen molar-refractivity contribution in [1.29, 1.82) is 0 Å². The third kappa shape index (κ3) is 2.67. The van der Waals surface area contributed by atoms with Gasteiger partial charge in [0.25, 0.3) is 0 Å². The second kappa shape index (κ2) is 7.46. The van der Waals surface area contributed by atoms with E-state index in [9.17, 15) is 9.90 Å². The van der Waals surface area contributed by atoms with Crippen molar-refractivity contribution in [2.24, 2.45) is 101 Å². The Morgan fingerprint density at radius 3 is 1.62 bits per heavy atom. The monoisotopic (exact) mass is 442 g/mol. The number of aliphatic hydroxyl groups excluding tert-OH is 1. The lowest BCUT2D eigenvalue weighted by Crippen LogP contribution is -2.48. The predicted molar refractivity (Wildman–Crippen MR) is 125 cm³/mol. The largest absolute Gasteiger partial charge is 0.438 e. The zero-order valence-corrected chi connectivity index (χ0v) is 21.1. The highest BCUT2D eigenvalue weighted by molar-refractivity contribution is 5.73. The Balaban J connectivity index is 1.36. The van der Waals surface area contributed by atoms with Crippen LogP contribution in [-0.4, -0.2) is 17.9 Å². The van der Waals surface area contributed by atoms with Gasteiger partial charge in [0.05, 0.1) is 5.92 Å². The van der Waals surface area contributed by atoms with Crippen molar-refractivity contribution in [3.63, 3.8) is 0 Å². The van der Waals surface area contributed by atoms with E-state index in [0.717, 1.165) is 83.4 Å². The molecule has 32 heavy (non-hydrogen) atoms. The quantitative estimate of drug-likeness (QED) is 0.448. The summed E-state index contributed by atoms with van der Waals surface area (Å²) in [6.45, 7) is 14.8. The van der Waals surface area contributed by atoms with Crippen molar-refractivity contribution < 1.29 is 14.6 Å². The van der Waals surface area contributed by atoms with Gasteiger partial charge in [-0.05, 0) is 120 Å². The zero-order chi connectivity index (χ0) is 22.6. The molecule has 0 aromatic carbocycles. The van der Waals surface area contributed by atoms with Crippen LogP contribution in [0.1, 0.15) is 67.2 Å². The van der Waals surface area contributed by atoms with Gasteiger partial charge in [-0.1, -0.05) is 41.5 Å². The van der Waals surface area contributed by atoms with Crippen LogP contribution in [0, 0.1) is 101 Å². The molecule has 6 bridgehead atoms. The Hall–Kier alpha value is -0.570. The predicted octanol–water partition coefficient (Wildman–Crippen LogP) is 5.72. The molecule has 1 N–H and O–H groups in total. The third-order valence-electron chi connectivity index (χ3n) is 13.5. The molecular formula is C29H46O3. The lowest BCUT2D eigenvalue weighted by atomic mass is 9.53. The fourth-order valence-corrected chi connectivity index (χ4v) is 12.1. The molecule has 3 nitrogen and oxygen atoms in total. The maximum Gasteiger partial charge on any atom is 0.311 e. The SMILES string of the molecule is CC1C(C)C2CC1C(C)C2C1C2CC(C(=O)OCO)C(C2)C1C1C(C)C2CC1C(C)C2C. The highest BCUT2D eigenvalue weighted by atomic mass is 16.6. The number of hydrogen-bond acceptors (Lipinski definition) is 3. The second-order valence-electron chi connectivity index (χ2n) is 13.7. The molecule has 6 saturated carbocycles. The van der Waals surface area contributed by atoms with Crippen LogP contribution in [0.3, 0.4) is 0 Å². The smallest absolute Gasteiger partial charge is 0.311 e. The molecule has 0 radical (unpaired) electrons. The Bertz CT molecular complexity index is 764. The summed E-state index contributed by atoms with van der Waals surface area (Å²) in [4.78, 5) is 12.9. The molecule has 6 fully saturated rings. The molecule has 0 spiro atoms. The molecule has 6 rings (SSSR count). The van der Waals surface area contributed by atoms with Gasteiger partial charge in [-0.25, -0.2) is 0 Å². The summed E-state index contributed by atoms with van der Waals surface area (Å²) in [5.41, 5.74) is 0. The standard InChI is InChI=1S/C29H46O3/c1-12-14(3)21-9-19(12)16(5)25(21)27-18-7-23(24(8-18)29(31)32-11-30)28(27)26-17(6)20-10-22(26)15(4)13(20)2/h12-28,30H,7-11H2,1-6H3. The van der Waals surface area contributed by atoms with Gasteiger partial charge in [-0.3, -0.25) is 4.79 Å². The zero-order valence-electron chi connectivity index (χ0n) is 21.1. The van der Waals surface area contributed by atoms with Gasteiger partial charge in [-0.15, -0.1) is 0 Å². The number of hydrogen-bond donors (Lipinski definition) is 1. The first-order valence-corrected chi connectivity index (χ1v) is 14.0. The Kier molecular flexibility index (Phi) is 5.11. The number of carbonyl (C=O) groups is 1. The average Bonchev–Trinajstić information content (AvgIpc) is 3.57. The van der Waals surface area contributed by atoms with Crippen LogP contribution in [0.15, 0.2) is 0 Å². The summed E-state index contributed by atoms with van der Waals surface area (Å²) in [7, 11) is 0. The third-order valence-corrected chi connectivity index (χ3v) is 13.5. The van der Waals surface area contributed by atoms with Gasteiger partial charge < -0.3 is 9.84 Å². The first-order chi connectivity index (χ1) is 15.3. The molecule has 3 heteroatoms. The van der Waals surface area contributed by atoms with Gasteiger partial charge >= 0.3 is 5.97 Å². The van der Waals surface area contributed by atoms with Crippen molar-refractivity contribution >= 4 is 5.97 Å². The number of esters is 1. The highest BCUT2D eigenvalue weighted by Gasteiger charge is 2.67. The minimum Gasteiger partial charge on any atom is -0.438 e. The summed E-state index contributed by atoms with van der Waals surface area (Å²) in [5.74, 6) is 13.0. The van der Waals surface area contributed by atoms with Crippen LogP contribution in [0.2, 0.25) is 0 Å². The van der Waals surface area contributed by atoms with Crippen LogP contribution >= 0.6 is 0 Å². The van der Waals surface area contributed by atoms with Gasteiger partial charge in [0.2, 0.25) is 0 Å². The number of aliphatic hydroxyl groups is 1. The van der Waals surface area contributed by atoms with Crippen LogP contribution in [-0.2, 0) is 9.53 Å². The molecule has 6 aliphatic rings. The second-order valence-corrected chi connectivity index (χ2v) is 13.7. The fourth-order valence-electron chi connectivity index (χ4n) is 12.1. The molecule has 0 aromatic rings. The first kappa shape index (κ1) is 21.9. The maximum atomic E-state index is 12.9. The van der Waals surface area contributed by atoms with E-state index < -0.39 is 6.79 Å². The van der Waals surface area contributed by atoms with Crippen LogP contribution < -0.4 is 0 Å². The molecule has 0 aromatic heterocycles. The van der Waals surface area contributed by atoms with Gasteiger partial charge in [-0.2, -0.15) is 0 Å². The number of carbonyl (C=O) groups excluding carboxylic acids is 1. The van der Waals surface area contributed by atoms with Crippen molar-refractivity contribution in [3.8, 4) is 0 Å². The normalized spacial score (nSPS) is 62.3. The van der Waals surface area contributed by atoms with E-state index in [-0.39, 0.29) is 11.9 Å². The molecule has 6 aliphatic carbocycles. The summed E-state index contributed by atoms with van der Waals surface area (Å²) in [5, 5.41) is 9.28. The van der Waals surface area contributed by atoms with Gasteiger partial charge in [0.15, 0.2) is 6.79 Å². The molecule has 17 atom stereocenters. The molecule has 0 heterocycles. The van der Waals surface area contributed by atoms with E-state index in [1.807, 2.05) is 0 Å². The van der Waals surface area contributed by atoms with E-state index in [1.165, 1.54) is 19.3 Å². The number of rotatable bonds is 4. The Morgan fingerprint density at radius 2 is 1.12 bits per heavy atom. The van der Waals surface area contributed by atoms with Crippen molar-refractivity contribution in [1.82, 2.24) is 0 Å². The fraction of sp³-hybridized carbons (Fsp3) is 0.966. The van der Waals surface area contributed by atoms with Gasteiger partial charge in [0, 0.05) is 0 Å². The van der Waals surface area contributed by atoms with E-state index in [1.54, 1.807) is 0 Å². The molecule has 0 amide bonds. The van der Waals surface area contributed by atoms with E-state index >= 15 is 0 Å². The first-order valence-electron chi connectivity index (χ1n) is 14.0. The van der Waals surface area contributed by atoms with Gasteiger partial charge in [0.1, 0.15) is 0 Å². The molecular weight excluding hydrogens is 396 g/mol. The van der Waals surface area contributed by atoms with Crippen molar-refractivity contribution in [3.05, 3.63) is 0 Å². The highest BCUT2D eigenvalue weighted by Crippen LogP contribution is 2.72. The van der Waals surface area contributed by atoms with Crippen LogP contribution in [0.4, 0.5) is 0 Å². The van der Waals surface area contributed by atoms with Crippen molar-refractivity contribution in [2.75, 3.05) is 6.79 Å².